The van der Waals surface area contributed by atoms with E-state index in [1.54, 1.807) is 4.52 Å². The van der Waals surface area contributed by atoms with Crippen LogP contribution in [0.25, 0.3) is 16.6 Å². The summed E-state index contributed by atoms with van der Waals surface area (Å²) in [5.41, 5.74) is 3.72. The number of pyridine rings is 1. The smallest absolute Gasteiger partial charge is 0.223 e. The molecule has 0 radical (unpaired) electrons. The summed E-state index contributed by atoms with van der Waals surface area (Å²) in [4.78, 5) is 15.1. The first kappa shape index (κ1) is 19.8. The molecule has 4 rings (SSSR count). The van der Waals surface area contributed by atoms with Gasteiger partial charge in [0, 0.05) is 37.1 Å². The number of aromatic nitrogens is 4. The van der Waals surface area contributed by atoms with Gasteiger partial charge in [0.2, 0.25) is 5.91 Å². The van der Waals surface area contributed by atoms with E-state index >= 15 is 0 Å². The zero-order chi connectivity index (χ0) is 20.6. The molecule has 0 N–H and O–H groups in total. The summed E-state index contributed by atoms with van der Waals surface area (Å²) in [5, 5.41) is 13.4. The molecule has 1 aromatic carbocycles. The first-order valence-corrected chi connectivity index (χ1v) is 10.3. The lowest BCUT2D eigenvalue weighted by molar-refractivity contribution is -0.135. The van der Waals surface area contributed by atoms with Gasteiger partial charge in [0.15, 0.2) is 5.65 Å². The van der Waals surface area contributed by atoms with Gasteiger partial charge < -0.3 is 9.64 Å². The van der Waals surface area contributed by atoms with Crippen LogP contribution in [0.15, 0.2) is 24.3 Å². The van der Waals surface area contributed by atoms with Crippen LogP contribution in [-0.4, -0.2) is 50.1 Å². The summed E-state index contributed by atoms with van der Waals surface area (Å²) in [6.45, 7) is 10.2. The Labute approximate surface area is 171 Å². The zero-order valence-electron chi connectivity index (χ0n) is 17.7. The van der Waals surface area contributed by atoms with Gasteiger partial charge in [0.05, 0.1) is 11.6 Å². The molecule has 0 spiro atoms. The van der Waals surface area contributed by atoms with Crippen LogP contribution in [0.5, 0.6) is 0 Å². The molecule has 1 aliphatic rings. The standard InChI is InChI=1S/C22H29N5O2/c1-15-7-8-19-16(10-15)11-17(21-23-24-25-27(19)21)13-26(14-18-6-5-9-29-18)20(28)12-22(2,3)4/h7-8,10-11,18H,5-6,9,12-14H2,1-4H3. The summed E-state index contributed by atoms with van der Waals surface area (Å²) < 4.78 is 7.59. The Morgan fingerprint density at radius 3 is 2.86 bits per heavy atom. The third-order valence-electron chi connectivity index (χ3n) is 5.34. The number of hydrogen-bond acceptors (Lipinski definition) is 5. The van der Waals surface area contributed by atoms with Crippen molar-refractivity contribution in [2.75, 3.05) is 13.2 Å². The largest absolute Gasteiger partial charge is 0.376 e. The van der Waals surface area contributed by atoms with Crippen LogP contribution < -0.4 is 0 Å². The van der Waals surface area contributed by atoms with Crippen molar-refractivity contribution in [3.8, 4) is 0 Å². The Morgan fingerprint density at radius 1 is 1.31 bits per heavy atom. The van der Waals surface area contributed by atoms with E-state index < -0.39 is 0 Å². The van der Waals surface area contributed by atoms with E-state index in [1.807, 2.05) is 11.0 Å². The average molecular weight is 396 g/mol. The van der Waals surface area contributed by atoms with Crippen molar-refractivity contribution in [1.29, 1.82) is 0 Å². The van der Waals surface area contributed by atoms with Crippen LogP contribution in [0.4, 0.5) is 0 Å². The second-order valence-corrected chi connectivity index (χ2v) is 9.29. The van der Waals surface area contributed by atoms with E-state index in [4.69, 9.17) is 4.74 Å². The van der Waals surface area contributed by atoms with Crippen molar-refractivity contribution >= 4 is 22.5 Å². The minimum absolute atomic E-state index is 0.0713. The number of hydrogen-bond donors (Lipinski definition) is 0. The summed E-state index contributed by atoms with van der Waals surface area (Å²) >= 11 is 0. The van der Waals surface area contributed by atoms with Crippen molar-refractivity contribution in [3.63, 3.8) is 0 Å². The van der Waals surface area contributed by atoms with Crippen molar-refractivity contribution < 1.29 is 9.53 Å². The molecule has 29 heavy (non-hydrogen) atoms. The topological polar surface area (TPSA) is 72.6 Å². The number of ether oxygens (including phenoxy) is 1. The SMILES string of the molecule is Cc1ccc2c(c1)cc(CN(CC1CCCO1)C(=O)CC(C)(C)C)c1nnnn12. The van der Waals surface area contributed by atoms with Gasteiger partial charge in [-0.2, -0.15) is 4.52 Å². The van der Waals surface area contributed by atoms with E-state index in [0.717, 1.165) is 35.9 Å². The van der Waals surface area contributed by atoms with E-state index in [0.29, 0.717) is 25.2 Å². The van der Waals surface area contributed by atoms with Crippen LogP contribution in [0, 0.1) is 12.3 Å². The highest BCUT2D eigenvalue weighted by Crippen LogP contribution is 2.25. The number of nitrogens with zero attached hydrogens (tertiary/aromatic N) is 5. The van der Waals surface area contributed by atoms with Gasteiger partial charge >= 0.3 is 0 Å². The first-order chi connectivity index (χ1) is 13.8. The molecule has 1 unspecified atom stereocenters. The molecule has 1 fully saturated rings. The lowest BCUT2D eigenvalue weighted by Gasteiger charge is -2.29. The molecule has 1 aliphatic heterocycles. The molecular weight excluding hydrogens is 366 g/mol. The average Bonchev–Trinajstić information content (AvgIpc) is 3.31. The molecule has 7 heteroatoms. The number of fused-ring (bicyclic) bond motifs is 3. The Kier molecular flexibility index (Phi) is 5.25. The lowest BCUT2D eigenvalue weighted by atomic mass is 9.91. The lowest BCUT2D eigenvalue weighted by Crippen LogP contribution is -2.38. The molecule has 3 aromatic rings. The highest BCUT2D eigenvalue weighted by Gasteiger charge is 2.27. The third kappa shape index (κ3) is 4.40. The quantitative estimate of drug-likeness (QED) is 0.661. The Balaban J connectivity index is 1.70. The number of amides is 1. The minimum Gasteiger partial charge on any atom is -0.376 e. The van der Waals surface area contributed by atoms with E-state index in [2.05, 4.69) is 61.4 Å². The molecule has 0 bridgehead atoms. The number of aryl methyl sites for hydroxylation is 1. The first-order valence-electron chi connectivity index (χ1n) is 10.3. The highest BCUT2D eigenvalue weighted by atomic mass is 16.5. The van der Waals surface area contributed by atoms with Crippen molar-refractivity contribution in [1.82, 2.24) is 24.9 Å². The molecule has 0 aliphatic carbocycles. The normalized spacial score (nSPS) is 17.3. The fourth-order valence-electron chi connectivity index (χ4n) is 3.96. The predicted octanol–water partition coefficient (Wildman–Crippen LogP) is 3.53. The fraction of sp³-hybridized carbons (Fsp3) is 0.545. The van der Waals surface area contributed by atoms with Crippen LogP contribution in [-0.2, 0) is 16.1 Å². The maximum absolute atomic E-state index is 13.2. The predicted molar refractivity (Wildman–Crippen MR) is 111 cm³/mol. The molecule has 1 atom stereocenters. The summed E-state index contributed by atoms with van der Waals surface area (Å²) in [6, 6.07) is 8.33. The highest BCUT2D eigenvalue weighted by molar-refractivity contribution is 5.84. The van der Waals surface area contributed by atoms with E-state index in [1.165, 1.54) is 5.56 Å². The van der Waals surface area contributed by atoms with Crippen molar-refractivity contribution in [2.24, 2.45) is 5.41 Å². The number of benzene rings is 1. The number of tetrazole rings is 1. The Bertz CT molecular complexity index is 1030. The van der Waals surface area contributed by atoms with Gasteiger partial charge in [0.1, 0.15) is 0 Å². The van der Waals surface area contributed by atoms with Gasteiger partial charge in [-0.3, -0.25) is 4.79 Å². The van der Waals surface area contributed by atoms with Crippen LogP contribution in [0.2, 0.25) is 0 Å². The van der Waals surface area contributed by atoms with Crippen LogP contribution >= 0.6 is 0 Å². The van der Waals surface area contributed by atoms with Gasteiger partial charge in [0.25, 0.3) is 0 Å². The number of carbonyl (C=O) groups is 1. The van der Waals surface area contributed by atoms with Gasteiger partial charge in [-0.15, -0.1) is 5.10 Å². The fourth-order valence-corrected chi connectivity index (χ4v) is 3.96. The van der Waals surface area contributed by atoms with Crippen molar-refractivity contribution in [2.45, 2.75) is 59.6 Å². The molecule has 1 amide bonds. The Morgan fingerprint density at radius 2 is 2.14 bits per heavy atom. The van der Waals surface area contributed by atoms with E-state index in [-0.39, 0.29) is 17.4 Å². The molecule has 7 nitrogen and oxygen atoms in total. The summed E-state index contributed by atoms with van der Waals surface area (Å²) in [6.07, 6.45) is 2.65. The van der Waals surface area contributed by atoms with Gasteiger partial charge in [-0.05, 0) is 53.8 Å². The molecular formula is C22H29N5O2. The minimum atomic E-state index is -0.0713. The second-order valence-electron chi connectivity index (χ2n) is 9.29. The number of carbonyl (C=O) groups excluding carboxylic acids is 1. The third-order valence-corrected chi connectivity index (χ3v) is 5.34. The zero-order valence-corrected chi connectivity index (χ0v) is 17.7. The van der Waals surface area contributed by atoms with Crippen molar-refractivity contribution in [3.05, 3.63) is 35.4 Å². The monoisotopic (exact) mass is 395 g/mol. The van der Waals surface area contributed by atoms with Crippen LogP contribution in [0.3, 0.4) is 0 Å². The van der Waals surface area contributed by atoms with Gasteiger partial charge in [-0.1, -0.05) is 32.4 Å². The summed E-state index contributed by atoms with van der Waals surface area (Å²) in [5.74, 6) is 0.142. The summed E-state index contributed by atoms with van der Waals surface area (Å²) in [7, 11) is 0. The molecule has 3 heterocycles. The van der Waals surface area contributed by atoms with Gasteiger partial charge in [-0.25, -0.2) is 0 Å². The van der Waals surface area contributed by atoms with Crippen LogP contribution in [0.1, 0.15) is 51.2 Å². The maximum atomic E-state index is 13.2. The molecule has 154 valence electrons. The second kappa shape index (κ2) is 7.71. The molecule has 2 aromatic heterocycles. The number of rotatable bonds is 5. The van der Waals surface area contributed by atoms with E-state index in [9.17, 15) is 4.79 Å². The Hall–Kier alpha value is -2.54. The maximum Gasteiger partial charge on any atom is 0.223 e. The molecule has 0 saturated carbocycles. The molecule has 1 saturated heterocycles.